The van der Waals surface area contributed by atoms with Crippen LogP contribution in [0.4, 0.5) is 0 Å². The number of Topliss-reactive ketones (excluding diaryl/α,β-unsaturated/α-hetero) is 2. The van der Waals surface area contributed by atoms with Crippen LogP contribution in [0.25, 0.3) is 5.57 Å². The third kappa shape index (κ3) is 2.92. The van der Waals surface area contributed by atoms with Crippen molar-refractivity contribution < 1.29 is 14.3 Å². The molecule has 3 rings (SSSR count). The molecule has 0 heterocycles. The molecule has 0 atom stereocenters. The number of rotatable bonds is 3. The molecule has 0 unspecified atom stereocenters. The van der Waals surface area contributed by atoms with Crippen LogP contribution in [0.15, 0.2) is 18.2 Å². The summed E-state index contributed by atoms with van der Waals surface area (Å²) in [6.45, 7) is 3.89. The number of ketones is 2. The maximum Gasteiger partial charge on any atom is 0.146 e. The zero-order chi connectivity index (χ0) is 17.3. The molecular formula is C21H26O3. The first kappa shape index (κ1) is 16.9. The van der Waals surface area contributed by atoms with E-state index in [4.69, 9.17) is 4.74 Å². The van der Waals surface area contributed by atoms with Gasteiger partial charge in [0.15, 0.2) is 0 Å². The summed E-state index contributed by atoms with van der Waals surface area (Å²) in [6, 6.07) is 4.32. The maximum atomic E-state index is 12.3. The number of aryl methyl sites for hydroxylation is 2. The van der Waals surface area contributed by atoms with Gasteiger partial charge in [0, 0.05) is 12.8 Å². The van der Waals surface area contributed by atoms with Crippen molar-refractivity contribution in [2.24, 2.45) is 5.41 Å². The van der Waals surface area contributed by atoms with Crippen LogP contribution < -0.4 is 4.74 Å². The molecule has 0 amide bonds. The maximum absolute atomic E-state index is 12.3. The molecule has 0 bridgehead atoms. The fourth-order valence-electron chi connectivity index (χ4n) is 3.94. The van der Waals surface area contributed by atoms with Crippen LogP contribution in [0.5, 0.6) is 5.75 Å². The van der Waals surface area contributed by atoms with Gasteiger partial charge in [-0.2, -0.15) is 0 Å². The van der Waals surface area contributed by atoms with Gasteiger partial charge in [-0.15, -0.1) is 0 Å². The van der Waals surface area contributed by atoms with Crippen LogP contribution in [-0.2, 0) is 16.0 Å². The Balaban J connectivity index is 1.91. The van der Waals surface area contributed by atoms with Crippen LogP contribution in [0.2, 0.25) is 0 Å². The lowest BCUT2D eigenvalue weighted by Gasteiger charge is -2.30. The third-order valence-electron chi connectivity index (χ3n) is 5.65. The van der Waals surface area contributed by atoms with E-state index in [9.17, 15) is 9.59 Å². The number of benzene rings is 1. The van der Waals surface area contributed by atoms with E-state index in [1.54, 1.807) is 7.11 Å². The van der Waals surface area contributed by atoms with E-state index < -0.39 is 5.41 Å². The van der Waals surface area contributed by atoms with Crippen LogP contribution in [0.3, 0.4) is 0 Å². The second-order valence-corrected chi connectivity index (χ2v) is 7.30. The molecule has 3 heteroatoms. The Hall–Kier alpha value is -1.90. The second kappa shape index (κ2) is 6.54. The normalized spacial score (nSPS) is 21.7. The van der Waals surface area contributed by atoms with Crippen molar-refractivity contribution in [3.8, 4) is 5.75 Å². The predicted octanol–water partition coefficient (Wildman–Crippen LogP) is 4.44. The van der Waals surface area contributed by atoms with Gasteiger partial charge in [-0.25, -0.2) is 0 Å². The van der Waals surface area contributed by atoms with E-state index in [0.29, 0.717) is 25.7 Å². The Morgan fingerprint density at radius 3 is 2.42 bits per heavy atom. The van der Waals surface area contributed by atoms with Crippen LogP contribution in [-0.4, -0.2) is 18.7 Å². The summed E-state index contributed by atoms with van der Waals surface area (Å²) in [4.78, 5) is 24.6. The Bertz CT molecular complexity index is 696. The number of allylic oxidation sites excluding steroid dienone is 2. The summed E-state index contributed by atoms with van der Waals surface area (Å²) in [7, 11) is 1.70. The summed E-state index contributed by atoms with van der Waals surface area (Å²) < 4.78 is 5.44. The van der Waals surface area contributed by atoms with E-state index in [2.05, 4.69) is 25.1 Å². The first-order chi connectivity index (χ1) is 11.5. The Kier molecular flexibility index (Phi) is 4.62. The van der Waals surface area contributed by atoms with Crippen LogP contribution >= 0.6 is 0 Å². The molecule has 3 nitrogen and oxygen atoms in total. The molecule has 0 saturated heterocycles. The Morgan fingerprint density at radius 2 is 1.75 bits per heavy atom. The fourth-order valence-corrected chi connectivity index (χ4v) is 3.94. The van der Waals surface area contributed by atoms with E-state index in [1.165, 1.54) is 16.7 Å². The van der Waals surface area contributed by atoms with Gasteiger partial charge >= 0.3 is 0 Å². The lowest BCUT2D eigenvalue weighted by Crippen LogP contribution is -2.39. The molecule has 0 radical (unpaired) electrons. The summed E-state index contributed by atoms with van der Waals surface area (Å²) in [5, 5.41) is 0. The smallest absolute Gasteiger partial charge is 0.146 e. The third-order valence-corrected chi connectivity index (χ3v) is 5.65. The summed E-state index contributed by atoms with van der Waals surface area (Å²) in [5.41, 5.74) is 4.15. The van der Waals surface area contributed by atoms with Gasteiger partial charge in [0.2, 0.25) is 0 Å². The molecule has 1 saturated carbocycles. The van der Waals surface area contributed by atoms with Gasteiger partial charge in [0.1, 0.15) is 17.3 Å². The molecule has 0 aromatic heterocycles. The number of ether oxygens (including phenoxy) is 1. The topological polar surface area (TPSA) is 43.4 Å². The van der Waals surface area contributed by atoms with Crippen molar-refractivity contribution in [3.05, 3.63) is 34.9 Å². The van der Waals surface area contributed by atoms with Gasteiger partial charge < -0.3 is 4.74 Å². The minimum Gasteiger partial charge on any atom is -0.496 e. The van der Waals surface area contributed by atoms with Gasteiger partial charge in [-0.1, -0.05) is 6.08 Å². The molecule has 0 aliphatic heterocycles. The Morgan fingerprint density at radius 1 is 1.08 bits per heavy atom. The van der Waals surface area contributed by atoms with Crippen molar-refractivity contribution in [2.75, 3.05) is 7.11 Å². The molecule has 0 spiro atoms. The summed E-state index contributed by atoms with van der Waals surface area (Å²) in [5.74, 6) is 1.15. The summed E-state index contributed by atoms with van der Waals surface area (Å²) in [6.07, 6.45) is 7.64. The number of carbonyl (C=O) groups is 2. The van der Waals surface area contributed by atoms with Crippen molar-refractivity contribution in [2.45, 2.75) is 58.8 Å². The summed E-state index contributed by atoms with van der Waals surface area (Å²) >= 11 is 0. The first-order valence-electron chi connectivity index (χ1n) is 8.89. The number of carbonyl (C=O) groups excluding carboxylic acids is 2. The minimum absolute atomic E-state index is 0.109. The van der Waals surface area contributed by atoms with Gasteiger partial charge in [0.25, 0.3) is 0 Å². The van der Waals surface area contributed by atoms with Gasteiger partial charge in [-0.05, 0) is 80.3 Å². The fraction of sp³-hybridized carbons (Fsp3) is 0.524. The number of fused-ring (bicyclic) bond motifs is 1. The Labute approximate surface area is 144 Å². The molecular weight excluding hydrogens is 300 g/mol. The molecule has 1 aromatic carbocycles. The number of methoxy groups -OCH3 is 1. The highest BCUT2D eigenvalue weighted by Gasteiger charge is 2.41. The van der Waals surface area contributed by atoms with Crippen molar-refractivity contribution in [1.82, 2.24) is 0 Å². The molecule has 1 fully saturated rings. The lowest BCUT2D eigenvalue weighted by molar-refractivity contribution is -0.142. The first-order valence-corrected chi connectivity index (χ1v) is 8.89. The molecule has 2 aliphatic carbocycles. The van der Waals surface area contributed by atoms with Crippen LogP contribution in [0, 0.1) is 12.3 Å². The van der Waals surface area contributed by atoms with E-state index in [1.807, 2.05) is 6.92 Å². The van der Waals surface area contributed by atoms with E-state index in [0.717, 1.165) is 30.6 Å². The zero-order valence-electron chi connectivity index (χ0n) is 14.9. The highest BCUT2D eigenvalue weighted by Crippen LogP contribution is 2.38. The van der Waals surface area contributed by atoms with Gasteiger partial charge in [0.05, 0.1) is 12.5 Å². The largest absolute Gasteiger partial charge is 0.496 e. The number of hydrogen-bond acceptors (Lipinski definition) is 3. The van der Waals surface area contributed by atoms with Crippen molar-refractivity contribution >= 4 is 17.1 Å². The quantitative estimate of drug-likeness (QED) is 0.771. The average Bonchev–Trinajstić information content (AvgIpc) is 2.57. The van der Waals surface area contributed by atoms with Gasteiger partial charge in [-0.3, -0.25) is 9.59 Å². The standard InChI is InChI=1S/C21H26O3/c1-14-12-17-15(6-4-7-16(17)13-18(14)24-3)10-11-21(2)19(22)8-5-9-20(21)23/h10,12-13H,4-9,11H2,1-3H3/b15-10+. The van der Waals surface area contributed by atoms with Crippen LogP contribution in [0.1, 0.15) is 62.1 Å². The molecule has 128 valence electrons. The SMILES string of the molecule is COc1cc2c(cc1C)/C(=C/CC1(C)C(=O)CCCC1=O)CCC2. The van der Waals surface area contributed by atoms with E-state index in [-0.39, 0.29) is 11.6 Å². The molecule has 0 N–H and O–H groups in total. The molecule has 1 aromatic rings. The second-order valence-electron chi connectivity index (χ2n) is 7.30. The van der Waals surface area contributed by atoms with Crippen molar-refractivity contribution in [3.63, 3.8) is 0 Å². The minimum atomic E-state index is -0.815. The lowest BCUT2D eigenvalue weighted by atomic mass is 9.70. The average molecular weight is 326 g/mol. The highest BCUT2D eigenvalue weighted by atomic mass is 16.5. The number of hydrogen-bond donors (Lipinski definition) is 0. The highest BCUT2D eigenvalue weighted by molar-refractivity contribution is 6.08. The zero-order valence-corrected chi connectivity index (χ0v) is 14.9. The molecule has 24 heavy (non-hydrogen) atoms. The van der Waals surface area contributed by atoms with Crippen molar-refractivity contribution in [1.29, 1.82) is 0 Å². The molecule has 2 aliphatic rings. The monoisotopic (exact) mass is 326 g/mol. The predicted molar refractivity (Wildman–Crippen MR) is 95.2 cm³/mol. The van der Waals surface area contributed by atoms with E-state index >= 15 is 0 Å².